The van der Waals surface area contributed by atoms with E-state index in [1.807, 2.05) is 12.1 Å². The average molecular weight is 322 g/mol. The van der Waals surface area contributed by atoms with Crippen molar-refractivity contribution in [2.45, 2.75) is 31.9 Å². The summed E-state index contributed by atoms with van der Waals surface area (Å²) < 4.78 is 10.6. The number of rotatable bonds is 4. The minimum Gasteiger partial charge on any atom is -0.371 e. The zero-order valence-corrected chi connectivity index (χ0v) is 12.8. The second-order valence-corrected chi connectivity index (χ2v) is 5.58. The van der Waals surface area contributed by atoms with Crippen molar-refractivity contribution in [2.24, 2.45) is 0 Å². The van der Waals surface area contributed by atoms with Crippen LogP contribution in [-0.2, 0) is 16.0 Å². The smallest absolute Gasteiger partial charge is 0.229 e. The molecular weight excluding hydrogens is 306 g/mol. The van der Waals surface area contributed by atoms with Crippen LogP contribution in [0, 0.1) is 6.92 Å². The third kappa shape index (κ3) is 3.13. The topological polar surface area (TPSA) is 77.2 Å². The molecule has 3 rings (SSSR count). The number of carbonyl (C=O) groups is 1. The summed E-state index contributed by atoms with van der Waals surface area (Å²) in [6.45, 7) is 2.37. The summed E-state index contributed by atoms with van der Waals surface area (Å²) >= 11 is 5.89. The van der Waals surface area contributed by atoms with E-state index in [9.17, 15) is 4.79 Å². The number of aromatic nitrogens is 2. The number of hydrogen-bond acceptors (Lipinski definition) is 5. The van der Waals surface area contributed by atoms with E-state index in [1.165, 1.54) is 0 Å². The Hall–Kier alpha value is -1.92. The summed E-state index contributed by atoms with van der Waals surface area (Å²) in [5.74, 6) is -0.127. The molecule has 2 aromatic rings. The summed E-state index contributed by atoms with van der Waals surface area (Å²) in [5.41, 5.74) is 2.21. The maximum Gasteiger partial charge on any atom is 0.229 e. The van der Waals surface area contributed by atoms with Gasteiger partial charge in [-0.05, 0) is 31.0 Å². The van der Waals surface area contributed by atoms with Gasteiger partial charge in [-0.1, -0.05) is 11.2 Å². The van der Waals surface area contributed by atoms with Crippen molar-refractivity contribution in [3.05, 3.63) is 46.6 Å². The van der Waals surface area contributed by atoms with Gasteiger partial charge in [-0.3, -0.25) is 9.78 Å². The minimum absolute atomic E-state index is 0.0735. The third-order valence-electron chi connectivity index (χ3n) is 3.73. The number of pyridine rings is 1. The van der Waals surface area contributed by atoms with Gasteiger partial charge >= 0.3 is 0 Å². The van der Waals surface area contributed by atoms with E-state index in [1.54, 1.807) is 19.3 Å². The van der Waals surface area contributed by atoms with Gasteiger partial charge in [0.05, 0.1) is 18.2 Å². The third-order valence-corrected chi connectivity index (χ3v) is 4.02. The number of nitrogens with zero attached hydrogens (tertiary/aromatic N) is 2. The SMILES string of the molecule is Cc1noc(Cl)c1CC(=O)N[C@H]1CCO[C@@H]1c1cccnc1. The van der Waals surface area contributed by atoms with Gasteiger partial charge in [0, 0.05) is 30.1 Å². The molecule has 1 saturated heterocycles. The highest BCUT2D eigenvalue weighted by atomic mass is 35.5. The Morgan fingerprint density at radius 1 is 1.55 bits per heavy atom. The monoisotopic (exact) mass is 321 g/mol. The normalized spacial score (nSPS) is 21.0. The Kier molecular flexibility index (Phi) is 4.40. The van der Waals surface area contributed by atoms with Crippen LogP contribution in [0.5, 0.6) is 0 Å². The maximum atomic E-state index is 12.2. The molecule has 1 amide bonds. The van der Waals surface area contributed by atoms with Crippen LogP contribution in [0.1, 0.15) is 29.3 Å². The zero-order valence-electron chi connectivity index (χ0n) is 12.1. The fourth-order valence-corrected chi connectivity index (χ4v) is 2.82. The lowest BCUT2D eigenvalue weighted by Gasteiger charge is -2.19. The van der Waals surface area contributed by atoms with Crippen LogP contribution < -0.4 is 5.32 Å². The first-order chi connectivity index (χ1) is 10.6. The Labute approximate surface area is 132 Å². The van der Waals surface area contributed by atoms with Crippen LogP contribution in [0.25, 0.3) is 0 Å². The number of carbonyl (C=O) groups excluding carboxylic acids is 1. The molecule has 6 nitrogen and oxygen atoms in total. The molecule has 0 spiro atoms. The van der Waals surface area contributed by atoms with Gasteiger partial charge in [-0.25, -0.2) is 0 Å². The fourth-order valence-electron chi connectivity index (χ4n) is 2.59. The standard InChI is InChI=1S/C15H16ClN3O3/c1-9-11(15(16)22-19-9)7-13(20)18-12-4-6-21-14(12)10-3-2-5-17-8-10/h2-3,5,8,12,14H,4,6-7H2,1H3,(H,18,20)/t12-,14+/m0/s1. The first-order valence-electron chi connectivity index (χ1n) is 7.06. The van der Waals surface area contributed by atoms with E-state index >= 15 is 0 Å². The van der Waals surface area contributed by atoms with Crippen molar-refractivity contribution in [1.29, 1.82) is 0 Å². The van der Waals surface area contributed by atoms with Gasteiger partial charge in [-0.2, -0.15) is 0 Å². The van der Waals surface area contributed by atoms with Crippen molar-refractivity contribution in [2.75, 3.05) is 6.61 Å². The highest BCUT2D eigenvalue weighted by molar-refractivity contribution is 6.29. The second-order valence-electron chi connectivity index (χ2n) is 5.24. The lowest BCUT2D eigenvalue weighted by molar-refractivity contribution is -0.121. The molecule has 1 fully saturated rings. The first-order valence-corrected chi connectivity index (χ1v) is 7.44. The quantitative estimate of drug-likeness (QED) is 0.934. The summed E-state index contributed by atoms with van der Waals surface area (Å²) in [7, 11) is 0. The summed E-state index contributed by atoms with van der Waals surface area (Å²) in [6, 6.07) is 3.73. The number of hydrogen-bond donors (Lipinski definition) is 1. The molecular formula is C15H16ClN3O3. The lowest BCUT2D eigenvalue weighted by atomic mass is 10.0. The molecule has 0 unspecified atom stereocenters. The Morgan fingerprint density at radius 3 is 3.09 bits per heavy atom. The van der Waals surface area contributed by atoms with Crippen molar-refractivity contribution in [3.63, 3.8) is 0 Å². The molecule has 0 bridgehead atoms. The van der Waals surface area contributed by atoms with E-state index in [0.29, 0.717) is 17.9 Å². The van der Waals surface area contributed by atoms with Crippen molar-refractivity contribution in [3.8, 4) is 0 Å². The molecule has 0 saturated carbocycles. The van der Waals surface area contributed by atoms with Crippen molar-refractivity contribution in [1.82, 2.24) is 15.5 Å². The van der Waals surface area contributed by atoms with Crippen molar-refractivity contribution < 1.29 is 14.1 Å². The van der Waals surface area contributed by atoms with Gasteiger partial charge in [0.25, 0.3) is 0 Å². The minimum atomic E-state index is -0.170. The molecule has 1 aliphatic rings. The Bertz CT molecular complexity index is 640. The van der Waals surface area contributed by atoms with E-state index in [2.05, 4.69) is 15.5 Å². The molecule has 7 heteroatoms. The van der Waals surface area contributed by atoms with Crippen LogP contribution in [0.4, 0.5) is 0 Å². The summed E-state index contributed by atoms with van der Waals surface area (Å²) in [6.07, 6.45) is 4.21. The highest BCUT2D eigenvalue weighted by Gasteiger charge is 2.31. The van der Waals surface area contributed by atoms with Crippen LogP contribution in [0.3, 0.4) is 0 Å². The Balaban J connectivity index is 1.66. The molecule has 1 aliphatic heterocycles. The lowest BCUT2D eigenvalue weighted by Crippen LogP contribution is -2.37. The van der Waals surface area contributed by atoms with E-state index in [0.717, 1.165) is 12.0 Å². The second kappa shape index (κ2) is 6.46. The van der Waals surface area contributed by atoms with Crippen molar-refractivity contribution >= 4 is 17.5 Å². The van der Waals surface area contributed by atoms with Crippen LogP contribution >= 0.6 is 11.6 Å². The predicted molar refractivity (Wildman–Crippen MR) is 79.4 cm³/mol. The van der Waals surface area contributed by atoms with Gasteiger partial charge in [0.2, 0.25) is 11.1 Å². The van der Waals surface area contributed by atoms with Gasteiger partial charge in [-0.15, -0.1) is 0 Å². The summed E-state index contributed by atoms with van der Waals surface area (Å²) in [4.78, 5) is 16.3. The maximum absolute atomic E-state index is 12.2. The molecule has 2 aromatic heterocycles. The summed E-state index contributed by atoms with van der Waals surface area (Å²) in [5, 5.41) is 6.91. The number of aryl methyl sites for hydroxylation is 1. The predicted octanol–water partition coefficient (Wildman–Crippen LogP) is 2.22. The molecule has 1 N–H and O–H groups in total. The number of halogens is 1. The molecule has 0 aromatic carbocycles. The molecule has 22 heavy (non-hydrogen) atoms. The van der Waals surface area contributed by atoms with E-state index < -0.39 is 0 Å². The van der Waals surface area contributed by atoms with E-state index in [-0.39, 0.29) is 29.7 Å². The van der Waals surface area contributed by atoms with Gasteiger partial charge in [0.1, 0.15) is 6.10 Å². The number of amides is 1. The Morgan fingerprint density at radius 2 is 2.41 bits per heavy atom. The van der Waals surface area contributed by atoms with Crippen LogP contribution in [0.2, 0.25) is 5.22 Å². The number of ether oxygens (including phenoxy) is 1. The highest BCUT2D eigenvalue weighted by Crippen LogP contribution is 2.28. The van der Waals surface area contributed by atoms with Gasteiger partial charge < -0.3 is 14.6 Å². The van der Waals surface area contributed by atoms with Gasteiger partial charge in [0.15, 0.2) is 0 Å². The average Bonchev–Trinajstić information content (AvgIpc) is 3.10. The van der Waals surface area contributed by atoms with Crippen LogP contribution in [-0.4, -0.2) is 28.7 Å². The molecule has 3 heterocycles. The molecule has 116 valence electrons. The van der Waals surface area contributed by atoms with Crippen LogP contribution in [0.15, 0.2) is 29.0 Å². The molecule has 0 radical (unpaired) electrons. The largest absolute Gasteiger partial charge is 0.371 e. The van der Waals surface area contributed by atoms with E-state index in [4.69, 9.17) is 20.9 Å². The zero-order chi connectivity index (χ0) is 15.5. The first kappa shape index (κ1) is 15.0. The molecule has 2 atom stereocenters. The fraction of sp³-hybridized carbons (Fsp3) is 0.400. The number of nitrogens with one attached hydrogen (secondary N) is 1. The molecule has 0 aliphatic carbocycles.